The van der Waals surface area contributed by atoms with Crippen molar-refractivity contribution in [3.63, 3.8) is 0 Å². The normalized spacial score (nSPS) is 10.3. The lowest BCUT2D eigenvalue weighted by molar-refractivity contribution is -0.114. The Bertz CT molecular complexity index is 1090. The molecule has 0 aliphatic rings. The second-order valence-corrected chi connectivity index (χ2v) is 6.50. The van der Waals surface area contributed by atoms with Crippen LogP contribution in [0, 0.1) is 5.82 Å². The summed E-state index contributed by atoms with van der Waals surface area (Å²) in [6.07, 6.45) is 0. The number of nitrogens with one attached hydrogen (secondary N) is 1. The van der Waals surface area contributed by atoms with Crippen molar-refractivity contribution < 1.29 is 28.6 Å². The number of Topliss-reactive ketones (excluding diaryl/α,β-unsaturated/α-hetero) is 1. The first-order valence-electron chi connectivity index (χ1n) is 9.00. The zero-order valence-corrected chi connectivity index (χ0v) is 16.0. The lowest BCUT2D eigenvalue weighted by Crippen LogP contribution is -2.16. The van der Waals surface area contributed by atoms with E-state index in [4.69, 9.17) is 4.74 Å². The molecule has 6 nitrogen and oxygen atoms in total. The Morgan fingerprint density at radius 1 is 0.933 bits per heavy atom. The van der Waals surface area contributed by atoms with E-state index in [0.717, 1.165) is 17.2 Å². The molecule has 0 saturated heterocycles. The lowest BCUT2D eigenvalue weighted by atomic mass is 10.0. The Labute approximate surface area is 171 Å². The molecule has 0 aliphatic carbocycles. The van der Waals surface area contributed by atoms with Crippen molar-refractivity contribution in [1.29, 1.82) is 0 Å². The number of anilines is 1. The smallest absolute Gasteiger partial charge is 0.338 e. The van der Waals surface area contributed by atoms with Gasteiger partial charge in [-0.3, -0.25) is 9.59 Å². The summed E-state index contributed by atoms with van der Waals surface area (Å²) in [7, 11) is 0. The number of hydrogen-bond acceptors (Lipinski definition) is 5. The number of rotatable bonds is 6. The third-order valence-electron chi connectivity index (χ3n) is 4.25. The predicted molar refractivity (Wildman–Crippen MR) is 109 cm³/mol. The Balaban J connectivity index is 1.61. The summed E-state index contributed by atoms with van der Waals surface area (Å²) in [5.74, 6) is -2.43. The maximum atomic E-state index is 14.1. The van der Waals surface area contributed by atoms with Gasteiger partial charge >= 0.3 is 5.97 Å². The molecule has 0 unspecified atom stereocenters. The first kappa shape index (κ1) is 20.7. The highest BCUT2D eigenvalue weighted by Crippen LogP contribution is 2.22. The fourth-order valence-electron chi connectivity index (χ4n) is 2.77. The van der Waals surface area contributed by atoms with Gasteiger partial charge in [-0.1, -0.05) is 24.3 Å². The molecule has 30 heavy (non-hydrogen) atoms. The second-order valence-electron chi connectivity index (χ2n) is 6.50. The molecule has 3 aromatic rings. The van der Waals surface area contributed by atoms with Crippen molar-refractivity contribution in [3.8, 4) is 16.9 Å². The molecule has 7 heteroatoms. The Morgan fingerprint density at radius 3 is 2.10 bits per heavy atom. The standard InChI is InChI=1S/C23H18FNO5/c1-14(26)25-18-8-11-20(21(24)12-18)22(28)13-30-23(29)17-4-2-15(3-5-17)16-6-9-19(27)10-7-16/h2-12,27H,13H2,1H3,(H,25,26). The number of amides is 1. The Kier molecular flexibility index (Phi) is 6.22. The molecule has 0 bridgehead atoms. The molecule has 152 valence electrons. The molecule has 0 spiro atoms. The topological polar surface area (TPSA) is 92.7 Å². The van der Waals surface area contributed by atoms with Crippen LogP contribution in [0.25, 0.3) is 11.1 Å². The van der Waals surface area contributed by atoms with Crippen LogP contribution in [0.4, 0.5) is 10.1 Å². The molecule has 3 aromatic carbocycles. The second kappa shape index (κ2) is 9.00. The molecule has 2 N–H and O–H groups in total. The van der Waals surface area contributed by atoms with E-state index >= 15 is 0 Å². The van der Waals surface area contributed by atoms with Gasteiger partial charge in [0.15, 0.2) is 6.61 Å². The van der Waals surface area contributed by atoms with E-state index in [1.54, 1.807) is 48.5 Å². The minimum Gasteiger partial charge on any atom is -0.508 e. The summed E-state index contributed by atoms with van der Waals surface area (Å²) >= 11 is 0. The van der Waals surface area contributed by atoms with Gasteiger partial charge in [-0.25, -0.2) is 9.18 Å². The number of benzene rings is 3. The van der Waals surface area contributed by atoms with Crippen molar-refractivity contribution in [1.82, 2.24) is 0 Å². The van der Waals surface area contributed by atoms with E-state index < -0.39 is 24.2 Å². The van der Waals surface area contributed by atoms with Gasteiger partial charge in [0.1, 0.15) is 11.6 Å². The van der Waals surface area contributed by atoms with Crippen molar-refractivity contribution in [2.45, 2.75) is 6.92 Å². The number of aromatic hydroxyl groups is 1. The van der Waals surface area contributed by atoms with Crippen molar-refractivity contribution >= 4 is 23.3 Å². The average molecular weight is 407 g/mol. The van der Waals surface area contributed by atoms with Crippen molar-refractivity contribution in [2.75, 3.05) is 11.9 Å². The predicted octanol–water partition coefficient (Wildman–Crippen LogP) is 4.20. The van der Waals surface area contributed by atoms with Crippen molar-refractivity contribution in [2.24, 2.45) is 0 Å². The molecule has 0 atom stereocenters. The molecule has 3 rings (SSSR count). The monoisotopic (exact) mass is 407 g/mol. The zero-order chi connectivity index (χ0) is 21.7. The van der Waals surface area contributed by atoms with E-state index in [1.165, 1.54) is 19.1 Å². The summed E-state index contributed by atoms with van der Waals surface area (Å²) in [4.78, 5) is 35.4. The number of carbonyl (C=O) groups excluding carboxylic acids is 3. The number of halogens is 1. The lowest BCUT2D eigenvalue weighted by Gasteiger charge is -2.08. The van der Waals surface area contributed by atoms with Crippen LogP contribution in [0.15, 0.2) is 66.7 Å². The van der Waals surface area contributed by atoms with Gasteiger partial charge in [0, 0.05) is 12.6 Å². The van der Waals surface area contributed by atoms with Gasteiger partial charge < -0.3 is 15.2 Å². The Hall–Kier alpha value is -4.00. The highest BCUT2D eigenvalue weighted by atomic mass is 19.1. The maximum absolute atomic E-state index is 14.1. The maximum Gasteiger partial charge on any atom is 0.338 e. The average Bonchev–Trinajstić information content (AvgIpc) is 2.72. The molecule has 1 amide bonds. The third kappa shape index (κ3) is 5.08. The Morgan fingerprint density at radius 2 is 1.53 bits per heavy atom. The molecule has 0 saturated carbocycles. The van der Waals surface area contributed by atoms with Gasteiger partial charge in [0.05, 0.1) is 11.1 Å². The van der Waals surface area contributed by atoms with Crippen LogP contribution in [0.1, 0.15) is 27.6 Å². The largest absolute Gasteiger partial charge is 0.508 e. The quantitative estimate of drug-likeness (QED) is 0.472. The number of esters is 1. The van der Waals surface area contributed by atoms with Crippen LogP contribution in [-0.4, -0.2) is 29.4 Å². The van der Waals surface area contributed by atoms with E-state index in [-0.39, 0.29) is 28.5 Å². The number of ether oxygens (including phenoxy) is 1. The van der Waals surface area contributed by atoms with Gasteiger partial charge in [-0.15, -0.1) is 0 Å². The fraction of sp³-hybridized carbons (Fsp3) is 0.0870. The zero-order valence-electron chi connectivity index (χ0n) is 16.0. The van der Waals surface area contributed by atoms with Crippen LogP contribution >= 0.6 is 0 Å². The van der Waals surface area contributed by atoms with Crippen LogP contribution in [-0.2, 0) is 9.53 Å². The van der Waals surface area contributed by atoms with Crippen LogP contribution in [0.5, 0.6) is 5.75 Å². The SMILES string of the molecule is CC(=O)Nc1ccc(C(=O)COC(=O)c2ccc(-c3ccc(O)cc3)cc2)c(F)c1. The van der Waals surface area contributed by atoms with Crippen molar-refractivity contribution in [3.05, 3.63) is 83.7 Å². The molecule has 0 heterocycles. The van der Waals surface area contributed by atoms with E-state index in [1.807, 2.05) is 0 Å². The first-order valence-corrected chi connectivity index (χ1v) is 9.00. The fourth-order valence-corrected chi connectivity index (χ4v) is 2.77. The molecule has 0 radical (unpaired) electrons. The number of hydrogen-bond donors (Lipinski definition) is 2. The van der Waals surface area contributed by atoms with Gasteiger partial charge in [-0.05, 0) is 53.6 Å². The minimum absolute atomic E-state index is 0.157. The summed E-state index contributed by atoms with van der Waals surface area (Å²) < 4.78 is 19.1. The molecular formula is C23H18FNO5. The van der Waals surface area contributed by atoms with Crippen LogP contribution in [0.3, 0.4) is 0 Å². The summed E-state index contributed by atoms with van der Waals surface area (Å²) in [6, 6.07) is 16.8. The van der Waals surface area contributed by atoms with Gasteiger partial charge in [0.2, 0.25) is 11.7 Å². The number of ketones is 1. The molecular weight excluding hydrogens is 389 g/mol. The number of phenolic OH excluding ortho intramolecular Hbond substituents is 1. The first-order chi connectivity index (χ1) is 14.3. The highest BCUT2D eigenvalue weighted by molar-refractivity contribution is 6.00. The van der Waals surface area contributed by atoms with E-state index in [0.29, 0.717) is 0 Å². The molecule has 0 fully saturated rings. The minimum atomic E-state index is -0.819. The van der Waals surface area contributed by atoms with E-state index in [2.05, 4.69) is 5.32 Å². The van der Waals surface area contributed by atoms with E-state index in [9.17, 15) is 23.9 Å². The third-order valence-corrected chi connectivity index (χ3v) is 4.25. The highest BCUT2D eigenvalue weighted by Gasteiger charge is 2.16. The number of phenols is 1. The molecule has 0 aromatic heterocycles. The summed E-state index contributed by atoms with van der Waals surface area (Å²) in [6.45, 7) is 0.669. The summed E-state index contributed by atoms with van der Waals surface area (Å²) in [5, 5.41) is 11.8. The van der Waals surface area contributed by atoms with Crippen LogP contribution < -0.4 is 5.32 Å². The van der Waals surface area contributed by atoms with Gasteiger partial charge in [-0.2, -0.15) is 0 Å². The van der Waals surface area contributed by atoms with Crippen LogP contribution in [0.2, 0.25) is 0 Å². The molecule has 0 aliphatic heterocycles. The number of carbonyl (C=O) groups is 3. The summed E-state index contributed by atoms with van der Waals surface area (Å²) in [5.41, 5.74) is 1.93. The van der Waals surface area contributed by atoms with Gasteiger partial charge in [0.25, 0.3) is 0 Å².